The first kappa shape index (κ1) is 14.9. The van der Waals surface area contributed by atoms with Crippen molar-refractivity contribution >= 4 is 5.91 Å². The SMILES string of the molecule is Cc1cccc(C)c1OCC(=O)NC1CCCNC1C. The summed E-state index contributed by atoms with van der Waals surface area (Å²) in [5.41, 5.74) is 2.12. The number of rotatable bonds is 4. The molecule has 20 heavy (non-hydrogen) atoms. The number of amides is 1. The molecule has 4 heteroatoms. The van der Waals surface area contributed by atoms with E-state index in [2.05, 4.69) is 17.6 Å². The van der Waals surface area contributed by atoms with Gasteiger partial charge in [-0.3, -0.25) is 4.79 Å². The van der Waals surface area contributed by atoms with Crippen molar-refractivity contribution in [3.63, 3.8) is 0 Å². The lowest BCUT2D eigenvalue weighted by Crippen LogP contribution is -2.52. The monoisotopic (exact) mass is 276 g/mol. The smallest absolute Gasteiger partial charge is 0.258 e. The molecule has 0 saturated carbocycles. The van der Waals surface area contributed by atoms with E-state index in [1.54, 1.807) is 0 Å². The van der Waals surface area contributed by atoms with Crippen LogP contribution in [0.2, 0.25) is 0 Å². The van der Waals surface area contributed by atoms with Crippen LogP contribution in [0.1, 0.15) is 30.9 Å². The van der Waals surface area contributed by atoms with E-state index in [0.29, 0.717) is 6.04 Å². The quantitative estimate of drug-likeness (QED) is 0.883. The van der Waals surface area contributed by atoms with Crippen LogP contribution in [0.15, 0.2) is 18.2 Å². The lowest BCUT2D eigenvalue weighted by molar-refractivity contribution is -0.124. The lowest BCUT2D eigenvalue weighted by atomic mass is 10.00. The summed E-state index contributed by atoms with van der Waals surface area (Å²) in [6.07, 6.45) is 2.14. The molecule has 1 heterocycles. The van der Waals surface area contributed by atoms with Crippen molar-refractivity contribution in [1.29, 1.82) is 0 Å². The van der Waals surface area contributed by atoms with Gasteiger partial charge in [-0.1, -0.05) is 18.2 Å². The molecule has 2 atom stereocenters. The van der Waals surface area contributed by atoms with Crippen LogP contribution in [0.3, 0.4) is 0 Å². The Bertz CT molecular complexity index is 453. The molecule has 4 nitrogen and oxygen atoms in total. The molecule has 1 saturated heterocycles. The third kappa shape index (κ3) is 3.73. The van der Waals surface area contributed by atoms with Gasteiger partial charge in [-0.2, -0.15) is 0 Å². The molecular weight excluding hydrogens is 252 g/mol. The first-order valence-corrected chi connectivity index (χ1v) is 7.29. The fraction of sp³-hybridized carbons (Fsp3) is 0.562. The van der Waals surface area contributed by atoms with Gasteiger partial charge in [0.1, 0.15) is 5.75 Å². The van der Waals surface area contributed by atoms with E-state index in [-0.39, 0.29) is 18.6 Å². The van der Waals surface area contributed by atoms with Crippen LogP contribution in [0.5, 0.6) is 5.75 Å². The summed E-state index contributed by atoms with van der Waals surface area (Å²) in [5.74, 6) is 0.769. The fourth-order valence-corrected chi connectivity index (χ4v) is 2.65. The van der Waals surface area contributed by atoms with Crippen LogP contribution in [-0.2, 0) is 4.79 Å². The first-order chi connectivity index (χ1) is 9.58. The van der Waals surface area contributed by atoms with Crippen molar-refractivity contribution in [1.82, 2.24) is 10.6 Å². The van der Waals surface area contributed by atoms with Crippen molar-refractivity contribution in [3.05, 3.63) is 29.3 Å². The Morgan fingerprint density at radius 1 is 1.40 bits per heavy atom. The minimum absolute atomic E-state index is 0.0480. The highest BCUT2D eigenvalue weighted by molar-refractivity contribution is 5.78. The molecule has 1 aromatic carbocycles. The predicted molar refractivity (Wildman–Crippen MR) is 80.0 cm³/mol. The number of carbonyl (C=O) groups is 1. The van der Waals surface area contributed by atoms with Crippen molar-refractivity contribution in [2.24, 2.45) is 0 Å². The Morgan fingerprint density at radius 3 is 2.75 bits per heavy atom. The van der Waals surface area contributed by atoms with Gasteiger partial charge in [-0.05, 0) is 51.3 Å². The van der Waals surface area contributed by atoms with E-state index in [4.69, 9.17) is 4.74 Å². The van der Waals surface area contributed by atoms with Crippen molar-refractivity contribution in [2.75, 3.05) is 13.2 Å². The first-order valence-electron chi connectivity index (χ1n) is 7.29. The summed E-state index contributed by atoms with van der Waals surface area (Å²) in [6.45, 7) is 7.21. The molecule has 1 aromatic rings. The standard InChI is InChI=1S/C16H24N2O2/c1-11-6-4-7-12(2)16(11)20-10-15(19)18-14-8-5-9-17-13(14)3/h4,6-7,13-14,17H,5,8-10H2,1-3H3,(H,18,19). The largest absolute Gasteiger partial charge is 0.483 e. The molecule has 1 aliphatic heterocycles. The number of aryl methyl sites for hydroxylation is 2. The number of hydrogen-bond donors (Lipinski definition) is 2. The van der Waals surface area contributed by atoms with Gasteiger partial charge in [0.25, 0.3) is 5.91 Å². The number of carbonyl (C=O) groups excluding carboxylic acids is 1. The molecule has 0 radical (unpaired) electrons. The van der Waals surface area contributed by atoms with Crippen LogP contribution in [0.4, 0.5) is 0 Å². The van der Waals surface area contributed by atoms with Gasteiger partial charge in [0.2, 0.25) is 0 Å². The Balaban J connectivity index is 1.86. The van der Waals surface area contributed by atoms with Crippen molar-refractivity contribution in [3.8, 4) is 5.75 Å². The summed E-state index contributed by atoms with van der Waals surface area (Å²) >= 11 is 0. The molecule has 2 unspecified atom stereocenters. The molecule has 2 N–H and O–H groups in total. The van der Waals surface area contributed by atoms with Gasteiger partial charge in [0, 0.05) is 12.1 Å². The highest BCUT2D eigenvalue weighted by Gasteiger charge is 2.22. The number of ether oxygens (including phenoxy) is 1. The maximum atomic E-state index is 12.0. The second-order valence-electron chi connectivity index (χ2n) is 5.57. The third-order valence-corrected chi connectivity index (χ3v) is 3.86. The van der Waals surface area contributed by atoms with Crippen molar-refractivity contribution < 1.29 is 9.53 Å². The Labute approximate surface area is 120 Å². The number of benzene rings is 1. The summed E-state index contributed by atoms with van der Waals surface area (Å²) in [5, 5.41) is 6.43. The van der Waals surface area contributed by atoms with Crippen LogP contribution in [0, 0.1) is 13.8 Å². The van der Waals surface area contributed by atoms with E-state index in [0.717, 1.165) is 36.3 Å². The zero-order valence-electron chi connectivity index (χ0n) is 12.5. The molecule has 1 aliphatic rings. The van der Waals surface area contributed by atoms with Gasteiger partial charge >= 0.3 is 0 Å². The normalized spacial score (nSPS) is 22.4. The summed E-state index contributed by atoms with van der Waals surface area (Å²) in [7, 11) is 0. The van der Waals surface area contributed by atoms with Crippen LogP contribution in [0.25, 0.3) is 0 Å². The molecule has 110 valence electrons. The predicted octanol–water partition coefficient (Wildman–Crippen LogP) is 1.94. The Hall–Kier alpha value is -1.55. The minimum atomic E-state index is -0.0480. The molecule has 2 rings (SSSR count). The van der Waals surface area contributed by atoms with E-state index < -0.39 is 0 Å². The zero-order valence-corrected chi connectivity index (χ0v) is 12.5. The highest BCUT2D eigenvalue weighted by Crippen LogP contribution is 2.22. The van der Waals surface area contributed by atoms with E-state index in [1.165, 1.54) is 0 Å². The van der Waals surface area contributed by atoms with Gasteiger partial charge in [-0.25, -0.2) is 0 Å². The molecule has 0 spiro atoms. The van der Waals surface area contributed by atoms with E-state index in [1.807, 2.05) is 32.0 Å². The third-order valence-electron chi connectivity index (χ3n) is 3.86. The van der Waals surface area contributed by atoms with Crippen molar-refractivity contribution in [2.45, 2.75) is 45.7 Å². The average Bonchev–Trinajstić information content (AvgIpc) is 2.41. The maximum Gasteiger partial charge on any atom is 0.258 e. The van der Waals surface area contributed by atoms with Gasteiger partial charge in [-0.15, -0.1) is 0 Å². The minimum Gasteiger partial charge on any atom is -0.483 e. The number of piperidine rings is 1. The molecule has 0 aliphatic carbocycles. The molecule has 1 amide bonds. The summed E-state index contributed by atoms with van der Waals surface area (Å²) in [4.78, 5) is 12.0. The molecule has 0 bridgehead atoms. The highest BCUT2D eigenvalue weighted by atomic mass is 16.5. The Morgan fingerprint density at radius 2 is 2.10 bits per heavy atom. The van der Waals surface area contributed by atoms with E-state index in [9.17, 15) is 4.79 Å². The summed E-state index contributed by atoms with van der Waals surface area (Å²) < 4.78 is 5.67. The maximum absolute atomic E-state index is 12.0. The van der Waals surface area contributed by atoms with Gasteiger partial charge in [0.15, 0.2) is 6.61 Å². The number of para-hydroxylation sites is 1. The van der Waals surface area contributed by atoms with E-state index >= 15 is 0 Å². The van der Waals surface area contributed by atoms with Gasteiger partial charge in [0.05, 0.1) is 0 Å². The number of nitrogens with one attached hydrogen (secondary N) is 2. The Kier molecular flexibility index (Phi) is 5.01. The average molecular weight is 276 g/mol. The second kappa shape index (κ2) is 6.75. The zero-order chi connectivity index (χ0) is 14.5. The topological polar surface area (TPSA) is 50.4 Å². The number of hydrogen-bond acceptors (Lipinski definition) is 3. The van der Waals surface area contributed by atoms with Crippen LogP contribution >= 0.6 is 0 Å². The fourth-order valence-electron chi connectivity index (χ4n) is 2.65. The molecule has 0 aromatic heterocycles. The van der Waals surface area contributed by atoms with Gasteiger partial charge < -0.3 is 15.4 Å². The molecule has 1 fully saturated rings. The second-order valence-corrected chi connectivity index (χ2v) is 5.57. The summed E-state index contributed by atoms with van der Waals surface area (Å²) in [6, 6.07) is 6.51. The molecular formula is C16H24N2O2. The van der Waals surface area contributed by atoms with Crippen LogP contribution < -0.4 is 15.4 Å². The van der Waals surface area contributed by atoms with Crippen LogP contribution in [-0.4, -0.2) is 31.1 Å². The lowest BCUT2D eigenvalue weighted by Gasteiger charge is -2.30.